The molecule has 3 heteroatoms. The van der Waals surface area contributed by atoms with E-state index < -0.39 is 0 Å². The summed E-state index contributed by atoms with van der Waals surface area (Å²) in [7, 11) is 0. The molecule has 0 amide bonds. The second-order valence-corrected chi connectivity index (χ2v) is 4.02. The van der Waals surface area contributed by atoms with Gasteiger partial charge in [0.15, 0.2) is 0 Å². The van der Waals surface area contributed by atoms with Crippen LogP contribution in [0.2, 0.25) is 0 Å². The van der Waals surface area contributed by atoms with Crippen molar-refractivity contribution in [2.45, 2.75) is 26.8 Å². The molecule has 78 valence electrons. The van der Waals surface area contributed by atoms with Gasteiger partial charge >= 0.3 is 0 Å². The van der Waals surface area contributed by atoms with Gasteiger partial charge in [-0.05, 0) is 39.0 Å². The molecule has 1 aromatic heterocycles. The van der Waals surface area contributed by atoms with Crippen LogP contribution in [0, 0.1) is 6.92 Å². The first-order valence-electron chi connectivity index (χ1n) is 5.07. The van der Waals surface area contributed by atoms with Crippen LogP contribution in [-0.2, 0) is 0 Å². The van der Waals surface area contributed by atoms with Gasteiger partial charge in [0.05, 0.1) is 5.52 Å². The minimum absolute atomic E-state index is 0.345. The van der Waals surface area contributed by atoms with Crippen LogP contribution in [-0.4, -0.2) is 16.1 Å². The van der Waals surface area contributed by atoms with Crippen molar-refractivity contribution in [1.82, 2.24) is 9.78 Å². The van der Waals surface area contributed by atoms with E-state index in [0.717, 1.165) is 22.9 Å². The second-order valence-electron chi connectivity index (χ2n) is 4.02. The molecule has 0 aliphatic heterocycles. The van der Waals surface area contributed by atoms with Crippen LogP contribution >= 0.6 is 0 Å². The lowest BCUT2D eigenvalue weighted by molar-refractivity contribution is 0.112. The first-order chi connectivity index (χ1) is 7.13. The zero-order valence-corrected chi connectivity index (χ0v) is 9.19. The Labute approximate surface area is 88.7 Å². The number of fused-ring (bicyclic) bond motifs is 1. The molecule has 0 aliphatic carbocycles. The summed E-state index contributed by atoms with van der Waals surface area (Å²) in [5, 5.41) is 5.55. The first-order valence-corrected chi connectivity index (χ1v) is 5.07. The number of nitrogens with zero attached hydrogens (tertiary/aromatic N) is 2. The van der Waals surface area contributed by atoms with Gasteiger partial charge in [-0.25, -0.2) is 0 Å². The van der Waals surface area contributed by atoms with Crippen molar-refractivity contribution < 1.29 is 4.79 Å². The average molecular weight is 202 g/mol. The maximum atomic E-state index is 10.7. The molecule has 2 rings (SSSR count). The lowest BCUT2D eigenvalue weighted by atomic mass is 10.1. The number of hydrogen-bond acceptors (Lipinski definition) is 2. The number of hydrogen-bond donors (Lipinski definition) is 0. The minimum Gasteiger partial charge on any atom is -0.298 e. The molecule has 0 saturated carbocycles. The maximum Gasteiger partial charge on any atom is 0.150 e. The number of aromatic nitrogens is 2. The number of aryl methyl sites for hydroxylation is 1. The van der Waals surface area contributed by atoms with Crippen LogP contribution in [0.1, 0.15) is 35.9 Å². The summed E-state index contributed by atoms with van der Waals surface area (Å²) in [5.74, 6) is 0. The largest absolute Gasteiger partial charge is 0.298 e. The van der Waals surface area contributed by atoms with Crippen LogP contribution in [0.3, 0.4) is 0 Å². The van der Waals surface area contributed by atoms with Crippen molar-refractivity contribution in [3.05, 3.63) is 29.5 Å². The molecule has 15 heavy (non-hydrogen) atoms. The summed E-state index contributed by atoms with van der Waals surface area (Å²) in [5.41, 5.74) is 2.77. The van der Waals surface area contributed by atoms with Gasteiger partial charge in [-0.2, -0.15) is 5.10 Å². The number of rotatable bonds is 2. The topological polar surface area (TPSA) is 34.9 Å². The molecule has 0 atom stereocenters. The van der Waals surface area contributed by atoms with Crippen LogP contribution in [0.15, 0.2) is 18.2 Å². The van der Waals surface area contributed by atoms with Crippen molar-refractivity contribution in [1.29, 1.82) is 0 Å². The molecule has 0 N–H and O–H groups in total. The predicted octanol–water partition coefficient (Wildman–Crippen LogP) is 2.74. The van der Waals surface area contributed by atoms with Crippen LogP contribution < -0.4 is 0 Å². The maximum absolute atomic E-state index is 10.7. The Hall–Kier alpha value is -1.64. The van der Waals surface area contributed by atoms with E-state index in [9.17, 15) is 4.79 Å². The molecule has 1 aromatic carbocycles. The van der Waals surface area contributed by atoms with Gasteiger partial charge in [-0.3, -0.25) is 9.48 Å². The van der Waals surface area contributed by atoms with Gasteiger partial charge in [-0.1, -0.05) is 0 Å². The quantitative estimate of drug-likeness (QED) is 0.702. The Kier molecular flexibility index (Phi) is 2.31. The van der Waals surface area contributed by atoms with Gasteiger partial charge in [-0.15, -0.1) is 0 Å². The second kappa shape index (κ2) is 3.50. The zero-order chi connectivity index (χ0) is 11.0. The summed E-state index contributed by atoms with van der Waals surface area (Å²) >= 11 is 0. The van der Waals surface area contributed by atoms with Gasteiger partial charge in [0.2, 0.25) is 0 Å². The fourth-order valence-corrected chi connectivity index (χ4v) is 1.82. The highest BCUT2D eigenvalue weighted by atomic mass is 16.1. The molecule has 1 heterocycles. The summed E-state index contributed by atoms with van der Waals surface area (Å²) in [6.45, 7) is 6.23. The first kappa shape index (κ1) is 9.90. The standard InChI is InChI=1S/C12H14N2O/c1-8(2)14-9(3)11-6-10(7-15)4-5-12(11)13-14/h4-8H,1-3H3. The Morgan fingerprint density at radius 1 is 1.40 bits per heavy atom. The zero-order valence-electron chi connectivity index (χ0n) is 9.19. The highest BCUT2D eigenvalue weighted by Crippen LogP contribution is 2.21. The van der Waals surface area contributed by atoms with Crippen LogP contribution in [0.5, 0.6) is 0 Å². The molecule has 0 fully saturated rings. The van der Waals surface area contributed by atoms with E-state index in [4.69, 9.17) is 0 Å². The van der Waals surface area contributed by atoms with E-state index in [-0.39, 0.29) is 0 Å². The summed E-state index contributed by atoms with van der Waals surface area (Å²) in [4.78, 5) is 10.7. The van der Waals surface area contributed by atoms with Gasteiger partial charge in [0, 0.05) is 22.7 Å². The van der Waals surface area contributed by atoms with Crippen molar-refractivity contribution in [3.8, 4) is 0 Å². The van der Waals surface area contributed by atoms with Gasteiger partial charge in [0.1, 0.15) is 6.29 Å². The van der Waals surface area contributed by atoms with Gasteiger partial charge in [0.25, 0.3) is 0 Å². The Bertz CT molecular complexity index is 512. The minimum atomic E-state index is 0.345. The van der Waals surface area contributed by atoms with E-state index in [1.165, 1.54) is 0 Å². The third-order valence-electron chi connectivity index (χ3n) is 2.59. The summed E-state index contributed by atoms with van der Waals surface area (Å²) in [6.07, 6.45) is 0.867. The molecule has 0 bridgehead atoms. The number of carbonyl (C=O) groups is 1. The Morgan fingerprint density at radius 3 is 2.73 bits per heavy atom. The fourth-order valence-electron chi connectivity index (χ4n) is 1.82. The number of aldehydes is 1. The number of carbonyl (C=O) groups excluding carboxylic acids is 1. The van der Waals surface area contributed by atoms with Crippen LogP contribution in [0.4, 0.5) is 0 Å². The van der Waals surface area contributed by atoms with E-state index in [1.54, 1.807) is 6.07 Å². The third-order valence-corrected chi connectivity index (χ3v) is 2.59. The fraction of sp³-hybridized carbons (Fsp3) is 0.333. The van der Waals surface area contributed by atoms with E-state index in [1.807, 2.05) is 23.7 Å². The molecule has 0 spiro atoms. The highest BCUT2D eigenvalue weighted by molar-refractivity contribution is 5.88. The van der Waals surface area contributed by atoms with Crippen molar-refractivity contribution >= 4 is 17.2 Å². The van der Waals surface area contributed by atoms with E-state index in [0.29, 0.717) is 11.6 Å². The summed E-state index contributed by atoms with van der Waals surface area (Å²) in [6, 6.07) is 5.93. The van der Waals surface area contributed by atoms with Crippen molar-refractivity contribution in [2.75, 3.05) is 0 Å². The SMILES string of the molecule is Cc1c2cc(C=O)ccc2nn1C(C)C. The predicted molar refractivity (Wildman–Crippen MR) is 60.2 cm³/mol. The molecular weight excluding hydrogens is 188 g/mol. The smallest absolute Gasteiger partial charge is 0.150 e. The molecule has 0 aliphatic rings. The highest BCUT2D eigenvalue weighted by Gasteiger charge is 2.09. The average Bonchev–Trinajstić information content (AvgIpc) is 2.56. The van der Waals surface area contributed by atoms with Crippen LogP contribution in [0.25, 0.3) is 10.9 Å². The monoisotopic (exact) mass is 202 g/mol. The Morgan fingerprint density at radius 2 is 2.13 bits per heavy atom. The molecule has 2 aromatic rings. The summed E-state index contributed by atoms with van der Waals surface area (Å²) < 4.78 is 1.99. The van der Waals surface area contributed by atoms with Crippen molar-refractivity contribution in [2.24, 2.45) is 0 Å². The molecule has 0 unspecified atom stereocenters. The van der Waals surface area contributed by atoms with E-state index in [2.05, 4.69) is 18.9 Å². The molecular formula is C12H14N2O. The third kappa shape index (κ3) is 1.54. The van der Waals surface area contributed by atoms with E-state index >= 15 is 0 Å². The molecule has 0 saturated heterocycles. The molecule has 0 radical (unpaired) electrons. The van der Waals surface area contributed by atoms with Gasteiger partial charge < -0.3 is 0 Å². The van der Waals surface area contributed by atoms with Crippen molar-refractivity contribution in [3.63, 3.8) is 0 Å². The molecule has 3 nitrogen and oxygen atoms in total. The lowest BCUT2D eigenvalue weighted by Crippen LogP contribution is -2.04. The normalized spacial score (nSPS) is 11.2. The number of benzene rings is 1. The lowest BCUT2D eigenvalue weighted by Gasteiger charge is -2.06. The Balaban J connectivity index is 2.71.